The Bertz CT molecular complexity index is 1740. The Hall–Kier alpha value is -4.38. The van der Waals surface area contributed by atoms with Crippen LogP contribution in [0, 0.1) is 18.7 Å². The lowest BCUT2D eigenvalue weighted by molar-refractivity contribution is -0.663. The molecule has 0 fully saturated rings. The molecule has 0 N–H and O–H groups in total. The fraction of sp³-hybridized carbons (Fsp3) is 0.0667. The van der Waals surface area contributed by atoms with Gasteiger partial charge in [-0.2, -0.15) is 4.39 Å². The first kappa shape index (κ1) is 21.2. The molecule has 3 nitrogen and oxygen atoms in total. The van der Waals surface area contributed by atoms with Crippen LogP contribution in [0.15, 0.2) is 95.7 Å². The van der Waals surface area contributed by atoms with E-state index in [2.05, 4.69) is 4.98 Å². The highest BCUT2D eigenvalue weighted by atomic mass is 19.1. The van der Waals surface area contributed by atoms with E-state index >= 15 is 4.39 Å². The van der Waals surface area contributed by atoms with Crippen LogP contribution in [0.5, 0.6) is 0 Å². The molecule has 5 heteroatoms. The zero-order chi connectivity index (χ0) is 24.1. The number of nitrogens with zero attached hydrogens (tertiary/aromatic N) is 2. The van der Waals surface area contributed by atoms with E-state index in [9.17, 15) is 4.39 Å². The van der Waals surface area contributed by atoms with E-state index in [1.165, 1.54) is 18.5 Å². The van der Waals surface area contributed by atoms with Crippen molar-refractivity contribution in [2.75, 3.05) is 0 Å². The van der Waals surface area contributed by atoms with Crippen LogP contribution in [-0.4, -0.2) is 4.98 Å². The number of benzene rings is 4. The molecule has 6 aromatic rings. The smallest absolute Gasteiger partial charge is 0.325 e. The Morgan fingerprint density at radius 1 is 0.714 bits per heavy atom. The zero-order valence-electron chi connectivity index (χ0n) is 19.2. The number of hydrogen-bond donors (Lipinski definition) is 0. The van der Waals surface area contributed by atoms with Gasteiger partial charge in [-0.1, -0.05) is 60.7 Å². The van der Waals surface area contributed by atoms with Crippen LogP contribution >= 0.6 is 0 Å². The monoisotopic (exact) mass is 463 g/mol. The molecule has 0 atom stereocenters. The lowest BCUT2D eigenvalue weighted by atomic mass is 9.96. The van der Waals surface area contributed by atoms with Crippen molar-refractivity contribution in [3.05, 3.63) is 109 Å². The fourth-order valence-corrected chi connectivity index (χ4v) is 4.75. The molecular formula is C30H21F2N2O+. The molecule has 2 aromatic heterocycles. The second-order valence-electron chi connectivity index (χ2n) is 8.69. The van der Waals surface area contributed by atoms with Gasteiger partial charge in [-0.3, -0.25) is 0 Å². The molecule has 0 amide bonds. The third-order valence-corrected chi connectivity index (χ3v) is 6.47. The third kappa shape index (κ3) is 3.48. The van der Waals surface area contributed by atoms with Crippen molar-refractivity contribution in [3.8, 4) is 33.5 Å². The second kappa shape index (κ2) is 8.13. The largest absolute Gasteiger partial charge is 0.454 e. The van der Waals surface area contributed by atoms with Crippen LogP contribution in [0.25, 0.3) is 55.4 Å². The van der Waals surface area contributed by atoms with Gasteiger partial charge in [0.25, 0.3) is 6.33 Å². The Labute approximate surface area is 200 Å². The minimum Gasteiger partial charge on any atom is -0.454 e. The minimum atomic E-state index is -0.574. The standard InChI is InChI=1S/C30H21F2N2O/c1-18-11-12-22-23-13-14-24(31)28(21-10-6-9-20(15-21)19-7-4-3-5-8-19)30(23)35-29(22)27(18)25-16-26(32)33-17-34(25)2/h3-17H,1-2H3/q+1. The maximum atomic E-state index is 15.4. The quantitative estimate of drug-likeness (QED) is 0.202. The third-order valence-electron chi connectivity index (χ3n) is 6.47. The predicted octanol–water partition coefficient (Wildman–Crippen LogP) is 7.39. The number of hydrogen-bond acceptors (Lipinski definition) is 2. The maximum absolute atomic E-state index is 15.4. The molecule has 6 rings (SSSR count). The summed E-state index contributed by atoms with van der Waals surface area (Å²) in [5.41, 5.74) is 6.55. The number of fused-ring (bicyclic) bond motifs is 3. The SMILES string of the molecule is Cc1ccc2c(oc3c(-c4cccc(-c5ccccc5)c4)c(F)ccc32)c1-c1cc(F)nc[n+]1C. The first-order valence-corrected chi connectivity index (χ1v) is 11.3. The van der Waals surface area contributed by atoms with Gasteiger partial charge in [0.15, 0.2) is 0 Å². The molecule has 0 aliphatic carbocycles. The molecule has 0 aliphatic heterocycles. The first-order valence-electron chi connectivity index (χ1n) is 11.3. The molecule has 0 aliphatic rings. The van der Waals surface area contributed by atoms with Crippen LogP contribution in [0.4, 0.5) is 8.78 Å². The van der Waals surface area contributed by atoms with Gasteiger partial charge in [-0.25, -0.2) is 8.96 Å². The van der Waals surface area contributed by atoms with E-state index in [0.717, 1.165) is 38.6 Å². The number of aryl methyl sites for hydroxylation is 2. The molecule has 0 saturated heterocycles. The molecule has 170 valence electrons. The zero-order valence-corrected chi connectivity index (χ0v) is 19.2. The highest BCUT2D eigenvalue weighted by molar-refractivity contribution is 6.13. The Morgan fingerprint density at radius 2 is 1.40 bits per heavy atom. The summed E-state index contributed by atoms with van der Waals surface area (Å²) in [7, 11) is 1.81. The summed E-state index contributed by atoms with van der Waals surface area (Å²) in [6.07, 6.45) is 1.44. The summed E-state index contributed by atoms with van der Waals surface area (Å²) in [5.74, 6) is -0.935. The van der Waals surface area contributed by atoms with Crippen LogP contribution in [0.1, 0.15) is 5.56 Å². The predicted molar refractivity (Wildman–Crippen MR) is 134 cm³/mol. The van der Waals surface area contributed by atoms with Crippen LogP contribution in [0.2, 0.25) is 0 Å². The van der Waals surface area contributed by atoms with Crippen molar-refractivity contribution in [2.24, 2.45) is 7.05 Å². The Balaban J connectivity index is 1.64. The number of aromatic nitrogens is 2. The van der Waals surface area contributed by atoms with E-state index in [0.29, 0.717) is 22.4 Å². The highest BCUT2D eigenvalue weighted by Crippen LogP contribution is 2.42. The fourth-order valence-electron chi connectivity index (χ4n) is 4.75. The average Bonchev–Trinajstić information content (AvgIpc) is 3.24. The highest BCUT2D eigenvalue weighted by Gasteiger charge is 2.23. The lowest BCUT2D eigenvalue weighted by Crippen LogP contribution is -2.32. The van der Waals surface area contributed by atoms with E-state index in [1.54, 1.807) is 10.6 Å². The van der Waals surface area contributed by atoms with E-state index < -0.39 is 5.95 Å². The lowest BCUT2D eigenvalue weighted by Gasteiger charge is -2.08. The second-order valence-corrected chi connectivity index (χ2v) is 8.69. The number of halogens is 2. The van der Waals surface area contributed by atoms with Crippen molar-refractivity contribution in [1.29, 1.82) is 0 Å². The van der Waals surface area contributed by atoms with E-state index in [-0.39, 0.29) is 5.82 Å². The molecule has 0 saturated carbocycles. The van der Waals surface area contributed by atoms with Crippen molar-refractivity contribution in [3.63, 3.8) is 0 Å². The molecule has 0 bridgehead atoms. The van der Waals surface area contributed by atoms with Gasteiger partial charge in [-0.15, -0.1) is 0 Å². The topological polar surface area (TPSA) is 29.9 Å². The van der Waals surface area contributed by atoms with Crippen LogP contribution in [0.3, 0.4) is 0 Å². The maximum Gasteiger partial charge on any atom is 0.325 e. The summed E-state index contributed by atoms with van der Waals surface area (Å²) in [6, 6.07) is 26.3. The average molecular weight is 464 g/mol. The molecule has 2 heterocycles. The molecule has 0 unspecified atom stereocenters. The van der Waals surface area contributed by atoms with Crippen molar-refractivity contribution < 1.29 is 17.8 Å². The normalized spacial score (nSPS) is 11.4. The van der Waals surface area contributed by atoms with Crippen LogP contribution in [-0.2, 0) is 7.05 Å². The number of rotatable bonds is 3. The minimum absolute atomic E-state index is 0.361. The molecule has 35 heavy (non-hydrogen) atoms. The summed E-state index contributed by atoms with van der Waals surface area (Å²) in [5, 5.41) is 1.65. The van der Waals surface area contributed by atoms with E-state index in [1.807, 2.05) is 80.7 Å². The van der Waals surface area contributed by atoms with Crippen molar-refractivity contribution in [2.45, 2.75) is 6.92 Å². The van der Waals surface area contributed by atoms with Crippen molar-refractivity contribution in [1.82, 2.24) is 4.98 Å². The summed E-state index contributed by atoms with van der Waals surface area (Å²) >= 11 is 0. The summed E-state index contributed by atoms with van der Waals surface area (Å²) in [6.45, 7) is 1.95. The molecular weight excluding hydrogens is 442 g/mol. The van der Waals surface area contributed by atoms with Gasteiger partial charge in [0, 0.05) is 10.8 Å². The van der Waals surface area contributed by atoms with Crippen molar-refractivity contribution >= 4 is 21.9 Å². The Morgan fingerprint density at radius 3 is 2.20 bits per heavy atom. The van der Waals surface area contributed by atoms with Gasteiger partial charge < -0.3 is 4.42 Å². The number of furan rings is 1. The van der Waals surface area contributed by atoms with Gasteiger partial charge in [-0.05, 0) is 52.4 Å². The van der Waals surface area contributed by atoms with Gasteiger partial charge >= 0.3 is 5.95 Å². The van der Waals surface area contributed by atoms with Gasteiger partial charge in [0.1, 0.15) is 22.7 Å². The summed E-state index contributed by atoms with van der Waals surface area (Å²) in [4.78, 5) is 3.73. The summed E-state index contributed by atoms with van der Waals surface area (Å²) < 4.78 is 37.6. The molecule has 0 spiro atoms. The van der Waals surface area contributed by atoms with Gasteiger partial charge in [0.2, 0.25) is 0 Å². The van der Waals surface area contributed by atoms with Gasteiger partial charge in [0.05, 0.1) is 24.2 Å². The molecule has 0 radical (unpaired) electrons. The van der Waals surface area contributed by atoms with Crippen LogP contribution < -0.4 is 4.57 Å². The first-order chi connectivity index (χ1) is 17.0. The molecule has 4 aromatic carbocycles. The van der Waals surface area contributed by atoms with E-state index in [4.69, 9.17) is 4.42 Å². The Kier molecular flexibility index (Phi) is 4.92.